The molecular weight excluding hydrogens is 247 g/mol. The molecule has 0 saturated carbocycles. The summed E-state index contributed by atoms with van der Waals surface area (Å²) in [5.74, 6) is -0.153. The molecule has 16 heavy (non-hydrogen) atoms. The van der Waals surface area contributed by atoms with Crippen LogP contribution in [-0.4, -0.2) is 30.4 Å². The minimum atomic E-state index is -0.153. The third kappa shape index (κ3) is 2.88. The van der Waals surface area contributed by atoms with E-state index in [2.05, 4.69) is 0 Å². The van der Waals surface area contributed by atoms with E-state index in [1.807, 2.05) is 6.92 Å². The van der Waals surface area contributed by atoms with Gasteiger partial charge in [-0.25, -0.2) is 0 Å². The van der Waals surface area contributed by atoms with Crippen LogP contribution in [0.2, 0.25) is 10.0 Å². The zero-order chi connectivity index (χ0) is 12.3. The number of benzene rings is 1. The highest BCUT2D eigenvalue weighted by Crippen LogP contribution is 2.22. The molecular formula is C11H14Cl2N2O. The molecule has 1 atom stereocenters. The van der Waals surface area contributed by atoms with E-state index >= 15 is 0 Å². The van der Waals surface area contributed by atoms with Crippen molar-refractivity contribution in [3.63, 3.8) is 0 Å². The van der Waals surface area contributed by atoms with Crippen molar-refractivity contribution in [2.24, 2.45) is 5.73 Å². The summed E-state index contributed by atoms with van der Waals surface area (Å²) in [4.78, 5) is 13.6. The molecule has 1 rings (SSSR count). The Morgan fingerprint density at radius 3 is 2.62 bits per heavy atom. The normalized spacial score (nSPS) is 12.3. The van der Waals surface area contributed by atoms with Gasteiger partial charge in [-0.3, -0.25) is 4.79 Å². The van der Waals surface area contributed by atoms with E-state index < -0.39 is 0 Å². The van der Waals surface area contributed by atoms with Crippen LogP contribution in [0.1, 0.15) is 17.3 Å². The van der Waals surface area contributed by atoms with Gasteiger partial charge in [-0.1, -0.05) is 23.2 Å². The van der Waals surface area contributed by atoms with Gasteiger partial charge >= 0.3 is 0 Å². The molecule has 88 valence electrons. The molecule has 0 aliphatic carbocycles. The highest BCUT2D eigenvalue weighted by atomic mass is 35.5. The number of hydrogen-bond acceptors (Lipinski definition) is 2. The largest absolute Gasteiger partial charge is 0.338 e. The lowest BCUT2D eigenvalue weighted by atomic mass is 10.1. The molecule has 1 aromatic carbocycles. The van der Waals surface area contributed by atoms with Crippen molar-refractivity contribution in [2.45, 2.75) is 13.0 Å². The monoisotopic (exact) mass is 260 g/mol. The molecule has 0 aliphatic heterocycles. The maximum atomic E-state index is 12.0. The minimum Gasteiger partial charge on any atom is -0.338 e. The fraction of sp³-hybridized carbons (Fsp3) is 0.364. The molecule has 0 aromatic heterocycles. The highest BCUT2D eigenvalue weighted by Gasteiger charge is 2.18. The summed E-state index contributed by atoms with van der Waals surface area (Å²) in [6, 6.07) is 4.78. The SMILES string of the molecule is CC(CN)N(C)C(=O)c1ccc(Cl)cc1Cl. The van der Waals surface area contributed by atoms with Gasteiger partial charge in [0.25, 0.3) is 5.91 Å². The maximum Gasteiger partial charge on any atom is 0.255 e. The third-order valence-corrected chi connectivity index (χ3v) is 3.03. The molecule has 2 N–H and O–H groups in total. The van der Waals surface area contributed by atoms with Crippen molar-refractivity contribution < 1.29 is 4.79 Å². The summed E-state index contributed by atoms with van der Waals surface area (Å²) in [6.07, 6.45) is 0. The average molecular weight is 261 g/mol. The van der Waals surface area contributed by atoms with Gasteiger partial charge in [-0.2, -0.15) is 0 Å². The number of halogens is 2. The number of amides is 1. The van der Waals surface area contributed by atoms with Gasteiger partial charge in [-0.15, -0.1) is 0 Å². The first-order valence-corrected chi connectivity index (χ1v) is 5.65. The second-order valence-corrected chi connectivity index (χ2v) is 4.47. The molecule has 0 radical (unpaired) electrons. The fourth-order valence-electron chi connectivity index (χ4n) is 1.21. The number of likely N-dealkylation sites (N-methyl/N-ethyl adjacent to an activating group) is 1. The lowest BCUT2D eigenvalue weighted by Gasteiger charge is -2.24. The van der Waals surface area contributed by atoms with Crippen LogP contribution >= 0.6 is 23.2 Å². The first kappa shape index (κ1) is 13.3. The molecule has 1 aromatic rings. The van der Waals surface area contributed by atoms with Crippen molar-refractivity contribution in [1.82, 2.24) is 4.90 Å². The number of nitrogens with zero attached hydrogens (tertiary/aromatic N) is 1. The Morgan fingerprint density at radius 2 is 2.12 bits per heavy atom. The van der Waals surface area contributed by atoms with Crippen LogP contribution in [-0.2, 0) is 0 Å². The van der Waals surface area contributed by atoms with Crippen molar-refractivity contribution in [3.8, 4) is 0 Å². The summed E-state index contributed by atoms with van der Waals surface area (Å²) in [7, 11) is 1.70. The van der Waals surface area contributed by atoms with Crippen molar-refractivity contribution in [2.75, 3.05) is 13.6 Å². The maximum absolute atomic E-state index is 12.0. The Hall–Kier alpha value is -0.770. The van der Waals surface area contributed by atoms with E-state index in [1.165, 1.54) is 0 Å². The molecule has 3 nitrogen and oxygen atoms in total. The number of carbonyl (C=O) groups excluding carboxylic acids is 1. The molecule has 1 unspecified atom stereocenters. The van der Waals surface area contributed by atoms with Crippen molar-refractivity contribution in [3.05, 3.63) is 33.8 Å². The fourth-order valence-corrected chi connectivity index (χ4v) is 1.70. The third-order valence-electron chi connectivity index (χ3n) is 2.48. The van der Waals surface area contributed by atoms with Crippen LogP contribution < -0.4 is 5.73 Å². The van der Waals surface area contributed by atoms with Crippen LogP contribution in [0.25, 0.3) is 0 Å². The van der Waals surface area contributed by atoms with E-state index in [1.54, 1.807) is 30.1 Å². The first-order chi connectivity index (χ1) is 7.47. The first-order valence-electron chi connectivity index (χ1n) is 4.89. The Kier molecular flexibility index (Phi) is 4.59. The predicted molar refractivity (Wildman–Crippen MR) is 67.1 cm³/mol. The quantitative estimate of drug-likeness (QED) is 0.908. The second kappa shape index (κ2) is 5.53. The molecule has 0 saturated heterocycles. The summed E-state index contributed by atoms with van der Waals surface area (Å²) in [6.45, 7) is 2.29. The van der Waals surface area contributed by atoms with Gasteiger partial charge in [0.15, 0.2) is 0 Å². The van der Waals surface area contributed by atoms with E-state index in [4.69, 9.17) is 28.9 Å². The molecule has 1 amide bonds. The summed E-state index contributed by atoms with van der Waals surface area (Å²) < 4.78 is 0. The van der Waals surface area contributed by atoms with Crippen LogP contribution in [0.3, 0.4) is 0 Å². The van der Waals surface area contributed by atoms with Gasteiger partial charge in [0.05, 0.1) is 10.6 Å². The van der Waals surface area contributed by atoms with E-state index in [-0.39, 0.29) is 11.9 Å². The van der Waals surface area contributed by atoms with Crippen LogP contribution in [0.4, 0.5) is 0 Å². The Labute approximate surface area is 105 Å². The molecule has 0 bridgehead atoms. The number of carbonyl (C=O) groups is 1. The molecule has 0 aliphatic rings. The van der Waals surface area contributed by atoms with Crippen LogP contribution in [0.5, 0.6) is 0 Å². The Balaban J connectivity index is 2.96. The minimum absolute atomic E-state index is 0.0285. The summed E-state index contributed by atoms with van der Waals surface area (Å²) >= 11 is 11.7. The van der Waals surface area contributed by atoms with Gasteiger partial charge < -0.3 is 10.6 Å². The number of rotatable bonds is 3. The topological polar surface area (TPSA) is 46.3 Å². The van der Waals surface area contributed by atoms with Gasteiger partial charge in [-0.05, 0) is 25.1 Å². The van der Waals surface area contributed by atoms with Crippen molar-refractivity contribution in [1.29, 1.82) is 0 Å². The van der Waals surface area contributed by atoms with Gasteiger partial charge in [0.1, 0.15) is 0 Å². The molecule has 0 spiro atoms. The Morgan fingerprint density at radius 1 is 1.50 bits per heavy atom. The molecule has 0 heterocycles. The Bertz CT molecular complexity index is 396. The van der Waals surface area contributed by atoms with E-state index in [9.17, 15) is 4.79 Å². The van der Waals surface area contributed by atoms with E-state index in [0.29, 0.717) is 22.2 Å². The lowest BCUT2D eigenvalue weighted by Crippen LogP contribution is -2.39. The standard InChI is InChI=1S/C11H14Cl2N2O/c1-7(6-14)15(2)11(16)9-4-3-8(12)5-10(9)13/h3-5,7H,6,14H2,1-2H3. The summed E-state index contributed by atoms with van der Waals surface area (Å²) in [5, 5.41) is 0.865. The van der Waals surface area contributed by atoms with Gasteiger partial charge in [0, 0.05) is 24.7 Å². The van der Waals surface area contributed by atoms with Crippen LogP contribution in [0.15, 0.2) is 18.2 Å². The average Bonchev–Trinajstić information content (AvgIpc) is 2.26. The lowest BCUT2D eigenvalue weighted by molar-refractivity contribution is 0.0748. The zero-order valence-electron chi connectivity index (χ0n) is 9.21. The zero-order valence-corrected chi connectivity index (χ0v) is 10.7. The van der Waals surface area contributed by atoms with Gasteiger partial charge in [0.2, 0.25) is 0 Å². The highest BCUT2D eigenvalue weighted by molar-refractivity contribution is 6.36. The van der Waals surface area contributed by atoms with Crippen molar-refractivity contribution >= 4 is 29.1 Å². The predicted octanol–water partition coefficient (Wildman–Crippen LogP) is 2.41. The van der Waals surface area contributed by atoms with Crippen LogP contribution in [0, 0.1) is 0 Å². The molecule has 5 heteroatoms. The second-order valence-electron chi connectivity index (χ2n) is 3.62. The number of nitrogens with two attached hydrogens (primary N) is 1. The number of hydrogen-bond donors (Lipinski definition) is 1. The van der Waals surface area contributed by atoms with E-state index in [0.717, 1.165) is 0 Å². The summed E-state index contributed by atoms with van der Waals surface area (Å²) in [5.41, 5.74) is 5.94. The molecule has 0 fully saturated rings. The smallest absolute Gasteiger partial charge is 0.255 e.